The van der Waals surface area contributed by atoms with Crippen LogP contribution in [0.3, 0.4) is 0 Å². The molecule has 1 heterocycles. The van der Waals surface area contributed by atoms with Gasteiger partial charge >= 0.3 is 0 Å². The average molecular weight is 565 g/mol. The quantitative estimate of drug-likeness (QED) is 0.122. The van der Waals surface area contributed by atoms with Crippen molar-refractivity contribution in [2.45, 2.75) is 108 Å². The zero-order valence-corrected chi connectivity index (χ0v) is 25.4. The van der Waals surface area contributed by atoms with Gasteiger partial charge in [-0.25, -0.2) is 0 Å². The Morgan fingerprint density at radius 1 is 0.868 bits per heavy atom. The molecule has 0 aliphatic rings. The Balaban J connectivity index is -0.000000380. The number of unbranched alkanes of at least 4 members (excludes halogenated alkanes) is 5. The lowest BCUT2D eigenvalue weighted by molar-refractivity contribution is 0.423. The van der Waals surface area contributed by atoms with Gasteiger partial charge in [-0.05, 0) is 58.3 Å². The predicted octanol–water partition coefficient (Wildman–Crippen LogP) is 10.0. The van der Waals surface area contributed by atoms with E-state index in [9.17, 15) is 5.11 Å². The monoisotopic (exact) mass is 564 g/mol. The van der Waals surface area contributed by atoms with Crippen LogP contribution in [0.2, 0.25) is 0 Å². The van der Waals surface area contributed by atoms with Crippen molar-refractivity contribution in [1.82, 2.24) is 15.0 Å². The fraction of sp³-hybridized carbons (Fsp3) is 0.516. The van der Waals surface area contributed by atoms with E-state index in [4.69, 9.17) is 11.4 Å². The number of aromatic hydroxyl groups is 1. The van der Waals surface area contributed by atoms with E-state index < -0.39 is 0 Å². The Hall–Kier alpha value is -2.79. The Kier molecular flexibility index (Phi) is 12.4. The van der Waals surface area contributed by atoms with Gasteiger partial charge in [-0.15, -0.1) is 6.42 Å². The van der Waals surface area contributed by atoms with Crippen molar-refractivity contribution >= 4 is 35.2 Å². The Bertz CT molecular complexity index is 1240. The maximum absolute atomic E-state index is 11.1. The molecule has 1 aromatic carbocycles. The molecule has 0 aliphatic heterocycles. The van der Waals surface area contributed by atoms with Gasteiger partial charge in [0.25, 0.3) is 0 Å². The second-order valence-electron chi connectivity index (χ2n) is 11.1. The van der Waals surface area contributed by atoms with Crippen LogP contribution in [0, 0.1) is 35.4 Å². The molecule has 0 unspecified atom stereocenters. The van der Waals surface area contributed by atoms with Gasteiger partial charge in [-0.1, -0.05) is 92.3 Å². The van der Waals surface area contributed by atoms with Crippen LogP contribution in [0.25, 0.3) is 0 Å². The molecule has 2 aromatic rings. The molecule has 0 aliphatic carbocycles. The number of aromatic nitrogens is 3. The Morgan fingerprint density at radius 2 is 1.47 bits per heavy atom. The van der Waals surface area contributed by atoms with Crippen LogP contribution in [0.5, 0.6) is 5.75 Å². The lowest BCUT2D eigenvalue weighted by Gasteiger charge is -2.28. The van der Waals surface area contributed by atoms with Crippen molar-refractivity contribution in [3.8, 4) is 41.1 Å². The molecule has 5 nitrogen and oxygen atoms in total. The Morgan fingerprint density at radius 3 is 2.08 bits per heavy atom. The first kappa shape index (κ1) is 31.4. The fourth-order valence-electron chi connectivity index (χ4n) is 3.69. The normalized spacial score (nSPS) is 11.1. The molecule has 0 spiro atoms. The highest BCUT2D eigenvalue weighted by Gasteiger charge is 2.26. The first-order chi connectivity index (χ1) is 18.0. The summed E-state index contributed by atoms with van der Waals surface area (Å²) in [6.45, 7) is 14.8. The van der Waals surface area contributed by atoms with Crippen LogP contribution in [-0.2, 0) is 10.8 Å². The largest absolute Gasteiger partial charge is 0.507 e. The maximum Gasteiger partial charge on any atom is 0.232 e. The number of thioether (sulfide) groups is 2. The summed E-state index contributed by atoms with van der Waals surface area (Å²) in [5.74, 6) is 11.8. The van der Waals surface area contributed by atoms with Crippen molar-refractivity contribution in [3.05, 3.63) is 23.3 Å². The molecule has 0 radical (unpaired) electrons. The minimum absolute atomic E-state index is 0. The lowest BCUT2D eigenvalue weighted by Crippen LogP contribution is -2.18. The molecule has 1 aromatic heterocycles. The molecule has 0 bridgehead atoms. The van der Waals surface area contributed by atoms with E-state index in [-0.39, 0.29) is 22.2 Å². The summed E-state index contributed by atoms with van der Waals surface area (Å²) < 4.78 is 0. The van der Waals surface area contributed by atoms with Crippen LogP contribution >= 0.6 is 23.5 Å². The number of anilines is 2. The summed E-state index contributed by atoms with van der Waals surface area (Å²) in [5, 5.41) is 18.5. The highest BCUT2D eigenvalue weighted by molar-refractivity contribution is 8.03. The fourth-order valence-corrected chi connectivity index (χ4v) is 5.04. The number of hydrogen-bond acceptors (Lipinski definition) is 7. The van der Waals surface area contributed by atoms with E-state index in [0.717, 1.165) is 29.0 Å². The molecule has 2 N–H and O–H groups in total. The minimum Gasteiger partial charge on any atom is -0.507 e. The van der Waals surface area contributed by atoms with Crippen LogP contribution in [0.15, 0.2) is 22.4 Å². The SMILES string of the molecule is C#CC#CC#CSc1nc(Nc2cc(C(C)(C)C)c(O)c(C(C)(C)C)c2)nc(SCCCCCCCC)n1.[HH].[HH].[HH].[HH].[HH].[HH].[HH].[HH]. The number of benzene rings is 1. The van der Waals surface area contributed by atoms with Gasteiger partial charge in [0, 0.05) is 45.7 Å². The first-order valence-electron chi connectivity index (χ1n) is 13.1. The van der Waals surface area contributed by atoms with E-state index >= 15 is 0 Å². The highest BCUT2D eigenvalue weighted by atomic mass is 32.2. The van der Waals surface area contributed by atoms with E-state index in [0.29, 0.717) is 22.0 Å². The molecule has 38 heavy (non-hydrogen) atoms. The highest BCUT2D eigenvalue weighted by Crippen LogP contribution is 2.41. The van der Waals surface area contributed by atoms with Gasteiger partial charge in [0.05, 0.1) is 0 Å². The van der Waals surface area contributed by atoms with Crippen molar-refractivity contribution < 1.29 is 16.5 Å². The van der Waals surface area contributed by atoms with E-state index in [1.165, 1.54) is 43.9 Å². The first-order valence-corrected chi connectivity index (χ1v) is 14.9. The number of nitrogens with one attached hydrogen (secondary N) is 1. The minimum atomic E-state index is -0.241. The summed E-state index contributed by atoms with van der Waals surface area (Å²) in [7, 11) is 0. The molecule has 0 atom stereocenters. The summed E-state index contributed by atoms with van der Waals surface area (Å²) in [6.07, 6.45) is 12.6. The third-order valence-corrected chi connectivity index (χ3v) is 7.20. The number of phenols is 1. The zero-order valence-electron chi connectivity index (χ0n) is 23.8. The summed E-state index contributed by atoms with van der Waals surface area (Å²) >= 11 is 2.82. The van der Waals surface area contributed by atoms with E-state index in [1.807, 2.05) is 12.1 Å². The standard InChI is InChI=1S/C31H40N4OS2.8H2/c1-9-11-13-15-16-18-20-38-29-34-27(33-28(35-29)37-19-17-14-12-10-2)32-23-21-24(30(3,4)5)26(36)25(22-23)31(6,7)8;;;;;;;;/h2,21-22,36H,9,11,13,15-16,18,20H2,1,3-8H3,(H,32,33,34,35);8*1H. The maximum atomic E-state index is 11.1. The van der Waals surface area contributed by atoms with E-state index in [2.05, 4.69) is 92.7 Å². The number of hydrogen-bond donors (Lipinski definition) is 2. The number of nitrogens with zero attached hydrogens (tertiary/aromatic N) is 3. The summed E-state index contributed by atoms with van der Waals surface area (Å²) in [4.78, 5) is 13.9. The number of rotatable bonds is 11. The molecular weight excluding hydrogens is 509 g/mol. The molecule has 0 amide bonds. The van der Waals surface area contributed by atoms with Gasteiger partial charge in [0.1, 0.15) is 5.75 Å². The van der Waals surface area contributed by atoms with Crippen LogP contribution in [-0.4, -0.2) is 25.8 Å². The van der Waals surface area contributed by atoms with Gasteiger partial charge in [-0.3, -0.25) is 0 Å². The van der Waals surface area contributed by atoms with Crippen molar-refractivity contribution in [2.24, 2.45) is 0 Å². The zero-order chi connectivity index (χ0) is 28.2. The van der Waals surface area contributed by atoms with Crippen molar-refractivity contribution in [1.29, 1.82) is 0 Å². The molecule has 2 rings (SSSR count). The van der Waals surface area contributed by atoms with Gasteiger partial charge in [0.15, 0.2) is 5.16 Å². The van der Waals surface area contributed by atoms with Crippen LogP contribution in [0.4, 0.5) is 11.6 Å². The van der Waals surface area contributed by atoms with Gasteiger partial charge in [-0.2, -0.15) is 15.0 Å². The number of phenolic OH excluding ortho intramolecular Hbond substituents is 1. The Labute approximate surface area is 250 Å². The van der Waals surface area contributed by atoms with Crippen LogP contribution < -0.4 is 5.32 Å². The summed E-state index contributed by atoms with van der Waals surface area (Å²) in [6, 6.07) is 3.94. The predicted molar refractivity (Wildman–Crippen MR) is 180 cm³/mol. The summed E-state index contributed by atoms with van der Waals surface area (Å²) in [5.41, 5.74) is 2.07. The van der Waals surface area contributed by atoms with Crippen molar-refractivity contribution in [2.75, 3.05) is 11.1 Å². The average Bonchev–Trinajstić information content (AvgIpc) is 2.83. The van der Waals surface area contributed by atoms with Crippen molar-refractivity contribution in [3.63, 3.8) is 0 Å². The van der Waals surface area contributed by atoms with Crippen LogP contribution in [0.1, 0.15) is 110 Å². The molecule has 0 fully saturated rings. The van der Waals surface area contributed by atoms with Gasteiger partial charge < -0.3 is 10.4 Å². The smallest absolute Gasteiger partial charge is 0.232 e. The molecule has 218 valence electrons. The molecular formula is C31H56N4OS2. The lowest BCUT2D eigenvalue weighted by atomic mass is 9.79. The molecule has 7 heteroatoms. The second-order valence-corrected chi connectivity index (χ2v) is 12.9. The third kappa shape index (κ3) is 10.5. The van der Waals surface area contributed by atoms with E-state index in [1.54, 1.807) is 11.8 Å². The molecule has 0 saturated carbocycles. The second kappa shape index (κ2) is 15.0. The third-order valence-electron chi connectivity index (χ3n) is 5.70. The topological polar surface area (TPSA) is 70.9 Å². The number of terminal acetylenes is 1. The van der Waals surface area contributed by atoms with Gasteiger partial charge in [0.2, 0.25) is 11.1 Å². The molecule has 0 saturated heterocycles.